The van der Waals surface area contributed by atoms with Crippen molar-refractivity contribution in [2.24, 2.45) is 0 Å². The van der Waals surface area contributed by atoms with Crippen molar-refractivity contribution in [3.63, 3.8) is 0 Å². The number of anilines is 1. The zero-order valence-electron chi connectivity index (χ0n) is 20.2. The summed E-state index contributed by atoms with van der Waals surface area (Å²) in [6, 6.07) is 4.69. The van der Waals surface area contributed by atoms with Crippen LogP contribution in [0.4, 0.5) is 5.69 Å². The molecule has 0 aromatic heterocycles. The number of hydrogen-bond acceptors (Lipinski definition) is 2. The largest absolute Gasteiger partial charge is 0.483 e. The molecular formula is C24H40Cl2NOP. The fraction of sp³-hybridized carbons (Fsp3) is 0.667. The van der Waals surface area contributed by atoms with Crippen LogP contribution in [0.25, 0.3) is 0 Å². The molecule has 29 heavy (non-hydrogen) atoms. The highest BCUT2D eigenvalue weighted by atomic mass is 35.7. The lowest BCUT2D eigenvalue weighted by Gasteiger charge is -2.34. The smallest absolute Gasteiger partial charge is 0.193 e. The van der Waals surface area contributed by atoms with Crippen LogP contribution in [0.1, 0.15) is 99.3 Å². The van der Waals surface area contributed by atoms with E-state index in [-0.39, 0.29) is 16.2 Å². The normalized spacial score (nSPS) is 15.1. The van der Waals surface area contributed by atoms with Gasteiger partial charge in [-0.15, -0.1) is 0 Å². The summed E-state index contributed by atoms with van der Waals surface area (Å²) in [6.07, 6.45) is 0.747. The highest BCUT2D eigenvalue weighted by Crippen LogP contribution is 2.55. The van der Waals surface area contributed by atoms with Crippen molar-refractivity contribution in [1.82, 2.24) is 0 Å². The number of ether oxygens (including phenoxy) is 1. The second-order valence-corrected chi connectivity index (χ2v) is 13.3. The molecule has 1 aromatic carbocycles. The molecule has 1 N–H and O–H groups in total. The van der Waals surface area contributed by atoms with Crippen molar-refractivity contribution in [3.05, 3.63) is 39.4 Å². The van der Waals surface area contributed by atoms with Gasteiger partial charge in [0.1, 0.15) is 7.43 Å². The van der Waals surface area contributed by atoms with Crippen LogP contribution >= 0.6 is 30.3 Å². The van der Waals surface area contributed by atoms with Gasteiger partial charge in [0.25, 0.3) is 0 Å². The summed E-state index contributed by atoms with van der Waals surface area (Å²) in [7, 11) is -1.19. The SMILES string of the molecule is CCO/C(Cl)=C(\CC)P(Cl)Nc1c(C(C)(C)C)cc(C(C)(C)C)cc1C(C)(C)C. The summed E-state index contributed by atoms with van der Waals surface area (Å²) in [4.78, 5) is 0. The Morgan fingerprint density at radius 2 is 1.34 bits per heavy atom. The molecule has 166 valence electrons. The first-order chi connectivity index (χ1) is 13.0. The second-order valence-electron chi connectivity index (χ2n) is 10.6. The Hall–Kier alpha value is -0.430. The third-order valence-electron chi connectivity index (χ3n) is 4.90. The van der Waals surface area contributed by atoms with Crippen LogP contribution in [0, 0.1) is 0 Å². The maximum absolute atomic E-state index is 6.92. The molecule has 0 saturated carbocycles. The lowest BCUT2D eigenvalue weighted by atomic mass is 9.74. The molecule has 1 rings (SSSR count). The zero-order chi connectivity index (χ0) is 22.8. The Labute approximate surface area is 190 Å². The van der Waals surface area contributed by atoms with Gasteiger partial charge in [0.2, 0.25) is 0 Å². The molecule has 0 bridgehead atoms. The van der Waals surface area contributed by atoms with Crippen LogP contribution in [-0.4, -0.2) is 6.61 Å². The van der Waals surface area contributed by atoms with Crippen molar-refractivity contribution < 1.29 is 4.74 Å². The van der Waals surface area contributed by atoms with Gasteiger partial charge >= 0.3 is 0 Å². The van der Waals surface area contributed by atoms with E-state index in [0.717, 1.165) is 17.4 Å². The van der Waals surface area contributed by atoms with Crippen molar-refractivity contribution >= 4 is 36.0 Å². The maximum atomic E-state index is 6.92. The lowest BCUT2D eigenvalue weighted by Crippen LogP contribution is -2.23. The van der Waals surface area contributed by atoms with E-state index in [0.29, 0.717) is 11.8 Å². The van der Waals surface area contributed by atoms with Crippen molar-refractivity contribution in [1.29, 1.82) is 0 Å². The summed E-state index contributed by atoms with van der Waals surface area (Å²) >= 11 is 13.3. The second kappa shape index (κ2) is 9.80. The molecular weight excluding hydrogens is 420 g/mol. The molecule has 2 nitrogen and oxygen atoms in total. The molecule has 0 aliphatic carbocycles. The number of benzene rings is 1. The first-order valence-corrected chi connectivity index (χ1v) is 13.1. The number of nitrogens with one attached hydrogen (secondary N) is 1. The Balaban J connectivity index is 3.73. The molecule has 0 amide bonds. The first kappa shape index (κ1) is 26.6. The van der Waals surface area contributed by atoms with Gasteiger partial charge in [0.15, 0.2) is 5.22 Å². The molecule has 0 saturated heterocycles. The number of hydrogen-bond donors (Lipinski definition) is 1. The van der Waals surface area contributed by atoms with Gasteiger partial charge in [-0.3, -0.25) is 0 Å². The van der Waals surface area contributed by atoms with E-state index >= 15 is 0 Å². The van der Waals surface area contributed by atoms with E-state index in [9.17, 15) is 0 Å². The average Bonchev–Trinajstić information content (AvgIpc) is 2.52. The molecule has 0 fully saturated rings. The van der Waals surface area contributed by atoms with Gasteiger partial charge in [0.05, 0.1) is 6.61 Å². The van der Waals surface area contributed by atoms with Crippen LogP contribution in [0.5, 0.6) is 0 Å². The Kier molecular flexibility index (Phi) is 8.99. The highest BCUT2D eigenvalue weighted by molar-refractivity contribution is 7.88. The third-order valence-corrected chi connectivity index (χ3v) is 7.65. The first-order valence-electron chi connectivity index (χ1n) is 10.5. The fourth-order valence-corrected chi connectivity index (χ4v) is 5.65. The van der Waals surface area contributed by atoms with E-state index in [2.05, 4.69) is 86.5 Å². The zero-order valence-corrected chi connectivity index (χ0v) is 22.6. The van der Waals surface area contributed by atoms with Crippen LogP contribution < -0.4 is 5.09 Å². The van der Waals surface area contributed by atoms with E-state index in [4.69, 9.17) is 27.6 Å². The van der Waals surface area contributed by atoms with Gasteiger partial charge in [0, 0.05) is 11.0 Å². The minimum Gasteiger partial charge on any atom is -0.483 e. The number of halogens is 2. The standard InChI is InChI=1S/C24H40Cl2NOP/c1-12-19(21(25)28-13-2)29(26)27-20-17(23(6,7)8)14-16(22(3,4)5)15-18(20)24(9,10)11/h14-15,27H,12-13H2,1-11H3/b21-19+. The van der Waals surface area contributed by atoms with Crippen molar-refractivity contribution in [2.75, 3.05) is 11.7 Å². The van der Waals surface area contributed by atoms with Crippen molar-refractivity contribution in [3.8, 4) is 0 Å². The number of allylic oxidation sites excluding steroid dienone is 1. The van der Waals surface area contributed by atoms with Gasteiger partial charge < -0.3 is 9.82 Å². The number of rotatable bonds is 6. The summed E-state index contributed by atoms with van der Waals surface area (Å²) < 4.78 is 5.55. The predicted molar refractivity (Wildman–Crippen MR) is 134 cm³/mol. The molecule has 0 radical (unpaired) electrons. The Morgan fingerprint density at radius 1 is 0.897 bits per heavy atom. The average molecular weight is 460 g/mol. The molecule has 5 heteroatoms. The molecule has 0 aliphatic rings. The summed E-state index contributed by atoms with van der Waals surface area (Å²) in [5.74, 6) is 0. The van der Waals surface area contributed by atoms with E-state index < -0.39 is 7.43 Å². The highest BCUT2D eigenvalue weighted by Gasteiger charge is 2.30. The molecule has 1 atom stereocenters. The monoisotopic (exact) mass is 459 g/mol. The van der Waals surface area contributed by atoms with Gasteiger partial charge in [-0.05, 0) is 57.9 Å². The minimum absolute atomic E-state index is 0.0313. The van der Waals surface area contributed by atoms with Crippen LogP contribution in [-0.2, 0) is 21.0 Å². The van der Waals surface area contributed by atoms with Crippen LogP contribution in [0.15, 0.2) is 22.7 Å². The summed E-state index contributed by atoms with van der Waals surface area (Å²) in [5, 5.41) is 5.02. The Morgan fingerprint density at radius 3 is 1.66 bits per heavy atom. The van der Waals surface area contributed by atoms with Crippen LogP contribution in [0.3, 0.4) is 0 Å². The van der Waals surface area contributed by atoms with E-state index in [1.807, 2.05) is 6.92 Å². The molecule has 0 aliphatic heterocycles. The van der Waals surface area contributed by atoms with Crippen molar-refractivity contribution in [2.45, 2.75) is 98.8 Å². The van der Waals surface area contributed by atoms with Gasteiger partial charge in [-0.1, -0.05) is 92.6 Å². The molecule has 0 heterocycles. The minimum atomic E-state index is -1.19. The van der Waals surface area contributed by atoms with Gasteiger partial charge in [-0.25, -0.2) is 0 Å². The maximum Gasteiger partial charge on any atom is 0.193 e. The molecule has 1 unspecified atom stereocenters. The third kappa shape index (κ3) is 7.05. The van der Waals surface area contributed by atoms with Gasteiger partial charge in [-0.2, -0.15) is 0 Å². The molecule has 1 aromatic rings. The molecule has 0 spiro atoms. The summed E-state index contributed by atoms with van der Waals surface area (Å²) in [5.41, 5.74) is 5.04. The predicted octanol–water partition coefficient (Wildman–Crippen LogP) is 9.40. The fourth-order valence-electron chi connectivity index (χ4n) is 3.11. The topological polar surface area (TPSA) is 21.3 Å². The lowest BCUT2D eigenvalue weighted by molar-refractivity contribution is 0.253. The van der Waals surface area contributed by atoms with Crippen LogP contribution in [0.2, 0.25) is 0 Å². The Bertz CT molecular complexity index is 702. The van der Waals surface area contributed by atoms with E-state index in [1.54, 1.807) is 0 Å². The van der Waals surface area contributed by atoms with E-state index in [1.165, 1.54) is 16.7 Å². The summed E-state index contributed by atoms with van der Waals surface area (Å²) in [6.45, 7) is 24.9. The quantitative estimate of drug-likeness (QED) is 0.337.